The average molecular weight is 219 g/mol. The minimum absolute atomic E-state index is 0.524. The lowest BCUT2D eigenvalue weighted by Crippen LogP contribution is -1.94. The van der Waals surface area contributed by atoms with Gasteiger partial charge in [-0.25, -0.2) is 4.98 Å². The van der Waals surface area contributed by atoms with Crippen LogP contribution in [-0.2, 0) is 0 Å². The highest BCUT2D eigenvalue weighted by Crippen LogP contribution is 2.29. The van der Waals surface area contributed by atoms with Gasteiger partial charge in [-0.1, -0.05) is 23.8 Å². The van der Waals surface area contributed by atoms with Crippen LogP contribution in [-0.4, -0.2) is 9.97 Å². The van der Waals surface area contributed by atoms with E-state index in [0.29, 0.717) is 5.92 Å². The summed E-state index contributed by atoms with van der Waals surface area (Å²) in [7, 11) is 0. The zero-order valence-electron chi connectivity index (χ0n) is 8.20. The van der Waals surface area contributed by atoms with Crippen molar-refractivity contribution >= 4 is 22.6 Å². The molecule has 3 rings (SSSR count). The highest BCUT2D eigenvalue weighted by molar-refractivity contribution is 6.31. The Bertz CT molecular complexity index is 519. The molecule has 1 N–H and O–H groups in total. The van der Waals surface area contributed by atoms with Crippen LogP contribution in [0.2, 0.25) is 5.02 Å². The summed E-state index contributed by atoms with van der Waals surface area (Å²) in [6.07, 6.45) is 6.61. The number of hydrogen-bond acceptors (Lipinski definition) is 1. The predicted octanol–water partition coefficient (Wildman–Crippen LogP) is 3.65. The molecule has 0 bridgehead atoms. The topological polar surface area (TPSA) is 28.7 Å². The number of H-pyrrole nitrogens is 1. The van der Waals surface area contributed by atoms with Crippen molar-refractivity contribution in [1.29, 1.82) is 0 Å². The molecule has 0 amide bonds. The molecule has 0 atom stereocenters. The Morgan fingerprint density at radius 3 is 2.87 bits per heavy atom. The Hall–Kier alpha value is -1.28. The second-order valence-electron chi connectivity index (χ2n) is 3.92. The lowest BCUT2D eigenvalue weighted by Gasteiger charge is -2.02. The van der Waals surface area contributed by atoms with Crippen LogP contribution in [0.15, 0.2) is 30.4 Å². The molecule has 1 aliphatic carbocycles. The van der Waals surface area contributed by atoms with Gasteiger partial charge in [0.1, 0.15) is 5.82 Å². The minimum atomic E-state index is 0.524. The van der Waals surface area contributed by atoms with Gasteiger partial charge in [-0.05, 0) is 31.0 Å². The van der Waals surface area contributed by atoms with E-state index >= 15 is 0 Å². The number of imidazole rings is 1. The quantitative estimate of drug-likeness (QED) is 0.728. The van der Waals surface area contributed by atoms with Crippen molar-refractivity contribution in [3.05, 3.63) is 41.2 Å². The van der Waals surface area contributed by atoms with E-state index in [1.165, 1.54) is 0 Å². The third-order valence-electron chi connectivity index (χ3n) is 2.86. The highest BCUT2D eigenvalue weighted by atomic mass is 35.5. The maximum Gasteiger partial charge on any atom is 0.110 e. The molecule has 1 heterocycles. The summed E-state index contributed by atoms with van der Waals surface area (Å²) in [5.41, 5.74) is 2.03. The highest BCUT2D eigenvalue weighted by Gasteiger charge is 2.16. The molecule has 0 saturated heterocycles. The number of fused-ring (bicyclic) bond motifs is 1. The minimum Gasteiger partial charge on any atom is -0.342 e. The zero-order chi connectivity index (χ0) is 10.3. The SMILES string of the molecule is Clc1ccc2nc(C3CC=CC3)[nH]c2c1. The largest absolute Gasteiger partial charge is 0.342 e. The van der Waals surface area contributed by atoms with Gasteiger partial charge in [0.25, 0.3) is 0 Å². The summed E-state index contributed by atoms with van der Waals surface area (Å²) < 4.78 is 0. The van der Waals surface area contributed by atoms with Crippen LogP contribution >= 0.6 is 11.6 Å². The molecular formula is C12H11ClN2. The van der Waals surface area contributed by atoms with Gasteiger partial charge in [0, 0.05) is 10.9 Å². The second-order valence-corrected chi connectivity index (χ2v) is 4.36. The van der Waals surface area contributed by atoms with Gasteiger partial charge >= 0.3 is 0 Å². The molecule has 76 valence electrons. The van der Waals surface area contributed by atoms with Crippen LogP contribution in [0.25, 0.3) is 11.0 Å². The summed E-state index contributed by atoms with van der Waals surface area (Å²) in [6, 6.07) is 5.76. The molecule has 1 aliphatic rings. The number of aromatic nitrogens is 2. The number of nitrogens with zero attached hydrogens (tertiary/aromatic N) is 1. The molecule has 3 heteroatoms. The Morgan fingerprint density at radius 1 is 1.27 bits per heavy atom. The van der Waals surface area contributed by atoms with Crippen LogP contribution in [0.3, 0.4) is 0 Å². The fourth-order valence-electron chi connectivity index (χ4n) is 2.04. The smallest absolute Gasteiger partial charge is 0.110 e. The van der Waals surface area contributed by atoms with Crippen molar-refractivity contribution in [3.63, 3.8) is 0 Å². The molecule has 0 radical (unpaired) electrons. The molecule has 2 nitrogen and oxygen atoms in total. The Kier molecular flexibility index (Phi) is 2.03. The standard InChI is InChI=1S/C12H11ClN2/c13-9-5-6-10-11(7-9)15-12(14-10)8-3-1-2-4-8/h1-2,5-8H,3-4H2,(H,14,15). The molecule has 0 fully saturated rings. The number of halogens is 1. The average Bonchev–Trinajstić information content (AvgIpc) is 2.84. The second kappa shape index (κ2) is 3.38. The monoisotopic (exact) mass is 218 g/mol. The predicted molar refractivity (Wildman–Crippen MR) is 62.2 cm³/mol. The lowest BCUT2D eigenvalue weighted by atomic mass is 10.1. The molecule has 1 aromatic heterocycles. The van der Waals surface area contributed by atoms with Crippen LogP contribution in [0.5, 0.6) is 0 Å². The van der Waals surface area contributed by atoms with Crippen LogP contribution in [0, 0.1) is 0 Å². The van der Waals surface area contributed by atoms with Gasteiger partial charge in [0.2, 0.25) is 0 Å². The maximum absolute atomic E-state index is 5.93. The van der Waals surface area contributed by atoms with E-state index in [1.807, 2.05) is 18.2 Å². The third-order valence-corrected chi connectivity index (χ3v) is 3.09. The Labute approximate surface area is 93.0 Å². The van der Waals surface area contributed by atoms with Gasteiger partial charge in [0.15, 0.2) is 0 Å². The van der Waals surface area contributed by atoms with Crippen LogP contribution in [0.1, 0.15) is 24.6 Å². The number of nitrogens with one attached hydrogen (secondary N) is 1. The van der Waals surface area contributed by atoms with Crippen LogP contribution in [0.4, 0.5) is 0 Å². The first-order valence-electron chi connectivity index (χ1n) is 5.13. The first kappa shape index (κ1) is 8.98. The Morgan fingerprint density at radius 2 is 2.07 bits per heavy atom. The molecule has 0 saturated carbocycles. The summed E-state index contributed by atoms with van der Waals surface area (Å²) in [5, 5.41) is 0.752. The maximum atomic E-state index is 5.93. The normalized spacial score (nSPS) is 16.6. The number of benzene rings is 1. The summed E-state index contributed by atoms with van der Waals surface area (Å²) in [4.78, 5) is 7.92. The number of aromatic amines is 1. The molecule has 0 unspecified atom stereocenters. The van der Waals surface area contributed by atoms with E-state index < -0.39 is 0 Å². The van der Waals surface area contributed by atoms with E-state index in [1.54, 1.807) is 0 Å². The molecule has 2 aromatic rings. The summed E-state index contributed by atoms with van der Waals surface area (Å²) in [6.45, 7) is 0. The lowest BCUT2D eigenvalue weighted by molar-refractivity contribution is 0.707. The molecule has 15 heavy (non-hydrogen) atoms. The van der Waals surface area contributed by atoms with Gasteiger partial charge in [-0.15, -0.1) is 0 Å². The van der Waals surface area contributed by atoms with E-state index in [9.17, 15) is 0 Å². The first-order valence-corrected chi connectivity index (χ1v) is 5.51. The number of rotatable bonds is 1. The van der Waals surface area contributed by atoms with Gasteiger partial charge in [0.05, 0.1) is 11.0 Å². The van der Waals surface area contributed by atoms with Gasteiger partial charge in [-0.3, -0.25) is 0 Å². The van der Waals surface area contributed by atoms with Gasteiger partial charge in [-0.2, -0.15) is 0 Å². The third kappa shape index (κ3) is 1.55. The van der Waals surface area contributed by atoms with Crippen molar-refractivity contribution in [2.24, 2.45) is 0 Å². The van der Waals surface area contributed by atoms with Crippen molar-refractivity contribution in [2.75, 3.05) is 0 Å². The van der Waals surface area contributed by atoms with E-state index in [4.69, 9.17) is 11.6 Å². The summed E-state index contributed by atoms with van der Waals surface area (Å²) >= 11 is 5.93. The first-order chi connectivity index (χ1) is 7.33. The molecular weight excluding hydrogens is 208 g/mol. The van der Waals surface area contributed by atoms with E-state index in [-0.39, 0.29) is 0 Å². The fraction of sp³-hybridized carbons (Fsp3) is 0.250. The molecule has 1 aromatic carbocycles. The number of allylic oxidation sites excluding steroid dienone is 2. The fourth-order valence-corrected chi connectivity index (χ4v) is 2.21. The van der Waals surface area contributed by atoms with Crippen LogP contribution < -0.4 is 0 Å². The summed E-state index contributed by atoms with van der Waals surface area (Å²) in [5.74, 6) is 1.61. The van der Waals surface area contributed by atoms with E-state index in [2.05, 4.69) is 22.1 Å². The number of hydrogen-bond donors (Lipinski definition) is 1. The van der Waals surface area contributed by atoms with Crippen molar-refractivity contribution in [3.8, 4) is 0 Å². The van der Waals surface area contributed by atoms with Crippen molar-refractivity contribution < 1.29 is 0 Å². The molecule has 0 spiro atoms. The zero-order valence-corrected chi connectivity index (χ0v) is 8.96. The Balaban J connectivity index is 2.06. The van der Waals surface area contributed by atoms with Crippen molar-refractivity contribution in [1.82, 2.24) is 9.97 Å². The molecule has 0 aliphatic heterocycles. The van der Waals surface area contributed by atoms with E-state index in [0.717, 1.165) is 34.7 Å². The van der Waals surface area contributed by atoms with Crippen molar-refractivity contribution in [2.45, 2.75) is 18.8 Å². The van der Waals surface area contributed by atoms with Gasteiger partial charge < -0.3 is 4.98 Å².